The number of hydrogen-bond acceptors (Lipinski definition) is 6. The van der Waals surface area contributed by atoms with Gasteiger partial charge in [0.1, 0.15) is 19.3 Å². The van der Waals surface area contributed by atoms with Crippen LogP contribution >= 0.6 is 7.82 Å². The third-order valence-electron chi connectivity index (χ3n) is 17.9. The van der Waals surface area contributed by atoms with Crippen molar-refractivity contribution in [3.05, 3.63) is 72.9 Å². The van der Waals surface area contributed by atoms with E-state index in [1.54, 1.807) is 0 Å². The minimum atomic E-state index is -4.46. The van der Waals surface area contributed by atoms with Crippen LogP contribution in [0.3, 0.4) is 0 Å². The van der Waals surface area contributed by atoms with E-state index in [0.29, 0.717) is 23.9 Å². The lowest BCUT2D eigenvalue weighted by Crippen LogP contribution is -2.47. The van der Waals surface area contributed by atoms with Gasteiger partial charge in [-0.05, 0) is 76.7 Å². The molecule has 9 nitrogen and oxygen atoms in total. The zero-order valence-corrected chi connectivity index (χ0v) is 62.7. The van der Waals surface area contributed by atoms with E-state index in [0.717, 1.165) is 89.9 Å². The lowest BCUT2D eigenvalue weighted by Gasteiger charge is -2.27. The molecule has 3 unspecified atom stereocenters. The minimum absolute atomic E-state index is 0.0398. The zero-order chi connectivity index (χ0) is 67.0. The molecule has 538 valence electrons. The molecule has 0 aromatic carbocycles. The zero-order valence-electron chi connectivity index (χ0n) is 61.8. The predicted octanol–water partition coefficient (Wildman–Crippen LogP) is 25.9. The van der Waals surface area contributed by atoms with E-state index < -0.39 is 20.0 Å². The van der Waals surface area contributed by atoms with Gasteiger partial charge in [0.05, 0.1) is 33.8 Å². The molecule has 0 aliphatic heterocycles. The van der Waals surface area contributed by atoms with Gasteiger partial charge in [-0.15, -0.1) is 0 Å². The smallest absolute Gasteiger partial charge is 0.456 e. The Bertz CT molecular complexity index is 1800. The summed E-state index contributed by atoms with van der Waals surface area (Å²) < 4.78 is 30.9. The van der Waals surface area contributed by atoms with Crippen molar-refractivity contribution >= 4 is 19.7 Å². The summed E-state index contributed by atoms with van der Waals surface area (Å²) in [6, 6.07) is -0.852. The number of nitrogens with one attached hydrogen (secondary N) is 1. The largest absolute Gasteiger partial charge is 0.472 e. The Kier molecular flexibility index (Phi) is 69.3. The molecule has 0 heterocycles. The first-order valence-electron chi connectivity index (χ1n) is 39.8. The van der Waals surface area contributed by atoms with Crippen LogP contribution in [0.15, 0.2) is 72.9 Å². The number of ether oxygens (including phenoxy) is 1. The number of carbonyl (C=O) groups excluding carboxylic acids is 2. The number of amides is 1. The average Bonchev–Trinajstić information content (AvgIpc) is 3.69. The molecule has 0 rings (SSSR count). The number of phosphoric ester groups is 1. The lowest BCUT2D eigenvalue weighted by atomic mass is 10.0. The molecule has 0 bridgehead atoms. The molecule has 0 aliphatic carbocycles. The summed E-state index contributed by atoms with van der Waals surface area (Å²) in [6.07, 6.45) is 95.1. The van der Waals surface area contributed by atoms with E-state index in [1.165, 1.54) is 263 Å². The fraction of sp³-hybridized carbons (Fsp3) is 0.829. The van der Waals surface area contributed by atoms with Gasteiger partial charge < -0.3 is 19.4 Å². The second-order valence-corrected chi connectivity index (χ2v) is 29.7. The van der Waals surface area contributed by atoms with E-state index >= 15 is 0 Å². The normalized spacial score (nSPS) is 13.8. The van der Waals surface area contributed by atoms with Crippen molar-refractivity contribution in [2.24, 2.45) is 0 Å². The number of likely N-dealkylation sites (N-methyl/N-ethyl adjacent to an activating group) is 1. The second kappa shape index (κ2) is 71.2. The summed E-state index contributed by atoms with van der Waals surface area (Å²) in [6.45, 7) is 6.96. The van der Waals surface area contributed by atoms with E-state index in [1.807, 2.05) is 27.2 Å². The standard InChI is InChI=1S/C82H153N2O7P/c1-7-10-13-16-19-22-25-28-30-32-34-36-38-40-42-44-46-48-50-52-54-56-59-62-65-68-71-74-81(85)83-79(78-90-92(87,88)89-77-76-84(4,5)6)80(73-70-67-64-61-58-27-24-21-18-15-12-9-3)91-82(86)75-72-69-66-63-60-57-55-53-51-49-47-45-43-41-39-37-35-33-31-29-26-23-20-17-14-11-8-2/h10,13,19,22,28,30,34,36,40,42,70,73,79-80H,7-9,11-12,14-18,20-21,23-27,29,31-33,35,37-39,41,43-69,71-72,74-78H2,1-6H3,(H-,83,85,87,88)/p+1/b13-10-,22-19-,30-28-,36-34-,42-40-,73-70+. The summed E-state index contributed by atoms with van der Waals surface area (Å²) in [5.41, 5.74) is 0. The van der Waals surface area contributed by atoms with Crippen molar-refractivity contribution in [2.75, 3.05) is 40.9 Å². The molecule has 0 saturated heterocycles. The van der Waals surface area contributed by atoms with Gasteiger partial charge in [-0.2, -0.15) is 0 Å². The Morgan fingerprint density at radius 1 is 0.391 bits per heavy atom. The van der Waals surface area contributed by atoms with Gasteiger partial charge >= 0.3 is 13.8 Å². The number of unbranched alkanes of at least 4 members (excludes halogenated alkanes) is 47. The quantitative estimate of drug-likeness (QED) is 0.0205. The number of phosphoric acid groups is 1. The molecule has 0 aromatic rings. The fourth-order valence-electron chi connectivity index (χ4n) is 11.9. The highest BCUT2D eigenvalue weighted by Gasteiger charge is 2.30. The van der Waals surface area contributed by atoms with E-state index in [9.17, 15) is 19.0 Å². The van der Waals surface area contributed by atoms with Gasteiger partial charge in [0.2, 0.25) is 5.91 Å². The molecule has 0 saturated carbocycles. The molecule has 1 amide bonds. The maximum atomic E-state index is 13.7. The summed E-state index contributed by atoms with van der Waals surface area (Å²) in [7, 11) is 1.51. The van der Waals surface area contributed by atoms with Crippen LogP contribution in [0.2, 0.25) is 0 Å². The van der Waals surface area contributed by atoms with Crippen LogP contribution in [0, 0.1) is 0 Å². The maximum Gasteiger partial charge on any atom is 0.472 e. The predicted molar refractivity (Wildman–Crippen MR) is 401 cm³/mol. The van der Waals surface area contributed by atoms with Gasteiger partial charge in [0, 0.05) is 12.8 Å². The Labute approximate surface area is 572 Å². The van der Waals surface area contributed by atoms with Gasteiger partial charge in [0.15, 0.2) is 0 Å². The summed E-state index contributed by atoms with van der Waals surface area (Å²) in [4.78, 5) is 38.0. The Morgan fingerprint density at radius 3 is 1.04 bits per heavy atom. The van der Waals surface area contributed by atoms with Crippen molar-refractivity contribution in [1.82, 2.24) is 5.32 Å². The monoisotopic (exact) mass is 1310 g/mol. The van der Waals surface area contributed by atoms with Crippen LogP contribution < -0.4 is 5.32 Å². The van der Waals surface area contributed by atoms with Crippen molar-refractivity contribution in [1.29, 1.82) is 0 Å². The molecular formula is C82H154N2O7P+. The summed E-state index contributed by atoms with van der Waals surface area (Å²) in [5, 5.41) is 3.08. The van der Waals surface area contributed by atoms with E-state index in [4.69, 9.17) is 13.8 Å². The molecule has 10 heteroatoms. The van der Waals surface area contributed by atoms with Crippen LogP contribution in [0.25, 0.3) is 0 Å². The number of nitrogens with zero attached hydrogens (tertiary/aromatic N) is 1. The third-order valence-corrected chi connectivity index (χ3v) is 18.9. The lowest BCUT2D eigenvalue weighted by molar-refractivity contribution is -0.870. The molecule has 92 heavy (non-hydrogen) atoms. The second-order valence-electron chi connectivity index (χ2n) is 28.2. The fourth-order valence-corrected chi connectivity index (χ4v) is 12.6. The number of carbonyl (C=O) groups is 2. The topological polar surface area (TPSA) is 111 Å². The third kappa shape index (κ3) is 71.7. The number of rotatable bonds is 73. The first-order chi connectivity index (χ1) is 44.9. The summed E-state index contributed by atoms with van der Waals surface area (Å²) >= 11 is 0. The van der Waals surface area contributed by atoms with Gasteiger partial charge in [-0.1, -0.05) is 370 Å². The number of esters is 1. The van der Waals surface area contributed by atoms with Crippen LogP contribution in [0.1, 0.15) is 387 Å². The van der Waals surface area contributed by atoms with Crippen molar-refractivity contribution < 1.29 is 37.3 Å². The first kappa shape index (κ1) is 89.5. The molecule has 3 atom stereocenters. The average molecular weight is 1310 g/mol. The van der Waals surface area contributed by atoms with Crippen molar-refractivity contribution in [3.8, 4) is 0 Å². The van der Waals surface area contributed by atoms with E-state index in [2.05, 4.69) is 92.9 Å². The van der Waals surface area contributed by atoms with Crippen LogP contribution in [-0.4, -0.2) is 74.3 Å². The van der Waals surface area contributed by atoms with Crippen LogP contribution in [0.5, 0.6) is 0 Å². The SMILES string of the molecule is CC/C=C\C/C=C\C/C=C\C/C=C\C/C=C\CCCCCCCCCCCCCC(=O)NC(COP(=O)(O)OCC[N+](C)(C)C)C(/C=C/CCCCCCCCCCCC)OC(=O)CCCCCCCCCCCCCCCCCCCCCCCCCCCCC. The molecule has 0 aliphatic rings. The highest BCUT2D eigenvalue weighted by atomic mass is 31.2. The molecular weight excluding hydrogens is 1160 g/mol. The number of quaternary nitrogens is 1. The minimum Gasteiger partial charge on any atom is -0.456 e. The molecule has 0 radical (unpaired) electrons. The van der Waals surface area contributed by atoms with Gasteiger partial charge in [0.25, 0.3) is 0 Å². The number of hydrogen-bond donors (Lipinski definition) is 2. The Balaban J connectivity index is 4.91. The van der Waals surface area contributed by atoms with E-state index in [-0.39, 0.29) is 25.1 Å². The molecule has 0 aromatic heterocycles. The summed E-state index contributed by atoms with van der Waals surface area (Å²) in [5.74, 6) is -0.491. The van der Waals surface area contributed by atoms with Crippen LogP contribution in [-0.2, 0) is 27.9 Å². The van der Waals surface area contributed by atoms with Crippen LogP contribution in [0.4, 0.5) is 0 Å². The number of allylic oxidation sites excluding steroid dienone is 11. The van der Waals surface area contributed by atoms with Gasteiger partial charge in [-0.25, -0.2) is 4.57 Å². The molecule has 0 spiro atoms. The van der Waals surface area contributed by atoms with Crippen molar-refractivity contribution in [2.45, 2.75) is 399 Å². The maximum absolute atomic E-state index is 13.7. The highest BCUT2D eigenvalue weighted by Crippen LogP contribution is 2.43. The first-order valence-corrected chi connectivity index (χ1v) is 41.3. The highest BCUT2D eigenvalue weighted by molar-refractivity contribution is 7.47. The molecule has 2 N–H and O–H groups in total. The Hall–Kier alpha value is -2.55. The molecule has 0 fully saturated rings. The van der Waals surface area contributed by atoms with Crippen molar-refractivity contribution in [3.63, 3.8) is 0 Å². The Morgan fingerprint density at radius 2 is 0.696 bits per heavy atom. The van der Waals surface area contributed by atoms with Gasteiger partial charge in [-0.3, -0.25) is 18.6 Å².